The SMILES string of the molecule is NC1(C(=O)O)CCN(C(=O)C2CCCCS2)C1. The van der Waals surface area contributed by atoms with Crippen LogP contribution in [0.1, 0.15) is 25.7 Å². The third-order valence-corrected chi connectivity index (χ3v) is 4.86. The largest absolute Gasteiger partial charge is 0.480 e. The molecule has 0 saturated carbocycles. The summed E-state index contributed by atoms with van der Waals surface area (Å²) in [4.78, 5) is 24.8. The van der Waals surface area contributed by atoms with Gasteiger partial charge in [-0.1, -0.05) is 6.42 Å². The first-order valence-electron chi connectivity index (χ1n) is 5.96. The van der Waals surface area contributed by atoms with Gasteiger partial charge in [-0.3, -0.25) is 9.59 Å². The van der Waals surface area contributed by atoms with Gasteiger partial charge < -0.3 is 15.7 Å². The average Bonchev–Trinajstić information content (AvgIpc) is 2.74. The number of carbonyl (C=O) groups is 2. The van der Waals surface area contributed by atoms with E-state index in [4.69, 9.17) is 10.8 Å². The number of thioether (sulfide) groups is 1. The Morgan fingerprint density at radius 3 is 2.71 bits per heavy atom. The van der Waals surface area contributed by atoms with Crippen LogP contribution in [0.3, 0.4) is 0 Å². The minimum absolute atomic E-state index is 0.0138. The van der Waals surface area contributed by atoms with Gasteiger partial charge in [-0.25, -0.2) is 0 Å². The topological polar surface area (TPSA) is 83.6 Å². The van der Waals surface area contributed by atoms with Crippen molar-refractivity contribution in [1.82, 2.24) is 4.90 Å². The summed E-state index contributed by atoms with van der Waals surface area (Å²) in [6, 6.07) is 0. The van der Waals surface area contributed by atoms with Crippen LogP contribution in [-0.2, 0) is 9.59 Å². The highest BCUT2D eigenvalue weighted by Crippen LogP contribution is 2.29. The number of aliphatic carboxylic acids is 1. The second kappa shape index (κ2) is 4.86. The smallest absolute Gasteiger partial charge is 0.325 e. The molecule has 0 aromatic carbocycles. The fraction of sp³-hybridized carbons (Fsp3) is 0.818. The molecule has 0 aromatic rings. The summed E-state index contributed by atoms with van der Waals surface area (Å²) >= 11 is 1.69. The van der Waals surface area contributed by atoms with E-state index in [1.54, 1.807) is 16.7 Å². The van der Waals surface area contributed by atoms with E-state index in [2.05, 4.69) is 0 Å². The summed E-state index contributed by atoms with van der Waals surface area (Å²) in [5, 5.41) is 9.03. The first kappa shape index (κ1) is 12.7. The van der Waals surface area contributed by atoms with Crippen molar-refractivity contribution in [2.75, 3.05) is 18.8 Å². The second-order valence-electron chi connectivity index (χ2n) is 4.83. The zero-order valence-corrected chi connectivity index (χ0v) is 10.5. The van der Waals surface area contributed by atoms with Gasteiger partial charge in [0.25, 0.3) is 0 Å². The third kappa shape index (κ3) is 2.57. The van der Waals surface area contributed by atoms with E-state index < -0.39 is 11.5 Å². The fourth-order valence-electron chi connectivity index (χ4n) is 2.33. The van der Waals surface area contributed by atoms with Crippen molar-refractivity contribution in [1.29, 1.82) is 0 Å². The van der Waals surface area contributed by atoms with E-state index >= 15 is 0 Å². The summed E-state index contributed by atoms with van der Waals surface area (Å²) in [7, 11) is 0. The van der Waals surface area contributed by atoms with Gasteiger partial charge in [0.15, 0.2) is 0 Å². The molecule has 2 aliphatic heterocycles. The normalized spacial score (nSPS) is 33.7. The van der Waals surface area contributed by atoms with Gasteiger partial charge in [-0.05, 0) is 25.0 Å². The standard InChI is InChI=1S/C11H18N2O3S/c12-11(10(15)16)4-5-13(7-11)9(14)8-3-1-2-6-17-8/h8H,1-7,12H2,(H,15,16). The van der Waals surface area contributed by atoms with Crippen molar-refractivity contribution in [3.05, 3.63) is 0 Å². The first-order valence-corrected chi connectivity index (χ1v) is 7.00. The minimum Gasteiger partial charge on any atom is -0.480 e. The highest BCUT2D eigenvalue weighted by molar-refractivity contribution is 8.00. The summed E-state index contributed by atoms with van der Waals surface area (Å²) in [5.74, 6) is 0.0871. The van der Waals surface area contributed by atoms with Crippen LogP contribution in [0.25, 0.3) is 0 Å². The number of nitrogens with zero attached hydrogens (tertiary/aromatic N) is 1. The Bertz CT molecular complexity index is 331. The molecule has 2 aliphatic rings. The number of hydrogen-bond acceptors (Lipinski definition) is 4. The van der Waals surface area contributed by atoms with Crippen molar-refractivity contribution in [3.8, 4) is 0 Å². The molecule has 0 bridgehead atoms. The van der Waals surface area contributed by atoms with E-state index in [-0.39, 0.29) is 17.7 Å². The Kier molecular flexibility index (Phi) is 3.63. The minimum atomic E-state index is -1.24. The zero-order chi connectivity index (χ0) is 12.5. The zero-order valence-electron chi connectivity index (χ0n) is 9.72. The molecule has 96 valence electrons. The molecule has 2 atom stereocenters. The highest BCUT2D eigenvalue weighted by atomic mass is 32.2. The van der Waals surface area contributed by atoms with Crippen LogP contribution in [0.15, 0.2) is 0 Å². The van der Waals surface area contributed by atoms with E-state index in [1.807, 2.05) is 0 Å². The number of amides is 1. The van der Waals surface area contributed by atoms with Gasteiger partial charge in [0.05, 0.1) is 5.25 Å². The Hall–Kier alpha value is -0.750. The maximum atomic E-state index is 12.2. The van der Waals surface area contributed by atoms with Crippen molar-refractivity contribution in [2.24, 2.45) is 5.73 Å². The predicted octanol–water partition coefficient (Wildman–Crippen LogP) is 0.286. The molecule has 0 aliphatic carbocycles. The van der Waals surface area contributed by atoms with Crippen LogP contribution in [-0.4, -0.2) is 51.5 Å². The molecule has 2 unspecified atom stereocenters. The number of likely N-dealkylation sites (tertiary alicyclic amines) is 1. The molecule has 17 heavy (non-hydrogen) atoms. The lowest BCUT2D eigenvalue weighted by atomic mass is 10.0. The van der Waals surface area contributed by atoms with Crippen LogP contribution < -0.4 is 5.73 Å². The van der Waals surface area contributed by atoms with E-state index in [0.29, 0.717) is 13.0 Å². The second-order valence-corrected chi connectivity index (χ2v) is 6.14. The average molecular weight is 258 g/mol. The highest BCUT2D eigenvalue weighted by Gasteiger charge is 2.44. The summed E-state index contributed by atoms with van der Waals surface area (Å²) < 4.78 is 0. The van der Waals surface area contributed by atoms with Gasteiger partial charge >= 0.3 is 5.97 Å². The molecule has 6 heteroatoms. The lowest BCUT2D eigenvalue weighted by Crippen LogP contribution is -2.51. The van der Waals surface area contributed by atoms with Gasteiger partial charge in [0, 0.05) is 13.1 Å². The van der Waals surface area contributed by atoms with Gasteiger partial charge in [0.1, 0.15) is 5.54 Å². The van der Waals surface area contributed by atoms with Crippen LogP contribution in [0.4, 0.5) is 0 Å². The summed E-state index contributed by atoms with van der Waals surface area (Å²) in [6.45, 7) is 0.622. The number of carbonyl (C=O) groups excluding carboxylic acids is 1. The molecular formula is C11H18N2O3S. The van der Waals surface area contributed by atoms with Crippen LogP contribution >= 0.6 is 11.8 Å². The molecule has 0 aromatic heterocycles. The van der Waals surface area contributed by atoms with Crippen molar-refractivity contribution < 1.29 is 14.7 Å². The van der Waals surface area contributed by atoms with E-state index in [1.165, 1.54) is 6.42 Å². The Morgan fingerprint density at radius 1 is 1.41 bits per heavy atom. The molecule has 5 nitrogen and oxygen atoms in total. The summed E-state index contributed by atoms with van der Waals surface area (Å²) in [5.41, 5.74) is 4.52. The molecule has 2 saturated heterocycles. The lowest BCUT2D eigenvalue weighted by Gasteiger charge is -2.26. The van der Waals surface area contributed by atoms with Crippen LogP contribution in [0.5, 0.6) is 0 Å². The third-order valence-electron chi connectivity index (χ3n) is 3.49. The van der Waals surface area contributed by atoms with E-state index in [9.17, 15) is 9.59 Å². The van der Waals surface area contributed by atoms with E-state index in [0.717, 1.165) is 18.6 Å². The monoisotopic (exact) mass is 258 g/mol. The Labute approximate surface area is 105 Å². The van der Waals surface area contributed by atoms with Crippen molar-refractivity contribution in [2.45, 2.75) is 36.5 Å². The van der Waals surface area contributed by atoms with Gasteiger partial charge in [0.2, 0.25) is 5.91 Å². The van der Waals surface area contributed by atoms with Crippen LogP contribution in [0.2, 0.25) is 0 Å². The molecular weight excluding hydrogens is 240 g/mol. The Morgan fingerprint density at radius 2 is 2.18 bits per heavy atom. The fourth-order valence-corrected chi connectivity index (χ4v) is 3.62. The number of rotatable bonds is 2. The maximum Gasteiger partial charge on any atom is 0.325 e. The van der Waals surface area contributed by atoms with Gasteiger partial charge in [-0.2, -0.15) is 0 Å². The molecule has 0 radical (unpaired) electrons. The molecule has 1 amide bonds. The summed E-state index contributed by atoms with van der Waals surface area (Å²) in [6.07, 6.45) is 3.52. The molecule has 3 N–H and O–H groups in total. The quantitative estimate of drug-likeness (QED) is 0.743. The molecule has 2 heterocycles. The molecule has 0 spiro atoms. The van der Waals surface area contributed by atoms with Crippen LogP contribution in [0, 0.1) is 0 Å². The maximum absolute atomic E-state index is 12.2. The van der Waals surface area contributed by atoms with Crippen molar-refractivity contribution >= 4 is 23.6 Å². The number of nitrogens with two attached hydrogens (primary N) is 1. The molecule has 2 fully saturated rings. The predicted molar refractivity (Wildman–Crippen MR) is 65.8 cm³/mol. The van der Waals surface area contributed by atoms with Gasteiger partial charge in [-0.15, -0.1) is 11.8 Å². The number of carboxylic acids is 1. The van der Waals surface area contributed by atoms with Crippen molar-refractivity contribution in [3.63, 3.8) is 0 Å². The number of carboxylic acid groups (broad SMARTS) is 1. The lowest BCUT2D eigenvalue weighted by molar-refractivity contribution is -0.143. The molecule has 2 rings (SSSR count). The first-order chi connectivity index (χ1) is 8.03. The Balaban J connectivity index is 1.95. The number of hydrogen-bond donors (Lipinski definition) is 2.